The van der Waals surface area contributed by atoms with Gasteiger partial charge in [0.15, 0.2) is 0 Å². The van der Waals surface area contributed by atoms with Crippen molar-refractivity contribution in [1.29, 1.82) is 0 Å². The monoisotopic (exact) mass is 930 g/mol. The van der Waals surface area contributed by atoms with Crippen LogP contribution in [0, 0.1) is 0 Å². The lowest BCUT2D eigenvalue weighted by molar-refractivity contribution is 1.36. The van der Waals surface area contributed by atoms with Gasteiger partial charge in [0, 0.05) is 83.4 Å². The third kappa shape index (κ3) is 4.81. The Hall–Kier alpha value is -8.54. The van der Waals surface area contributed by atoms with E-state index in [1.54, 1.807) is 22.7 Å². The van der Waals surface area contributed by atoms with Gasteiger partial charge in [-0.05, 0) is 93.0 Å². The van der Waals surface area contributed by atoms with Gasteiger partial charge in [0.1, 0.15) is 0 Å². The summed E-state index contributed by atoms with van der Waals surface area (Å²) < 4.78 is 96.5. The van der Waals surface area contributed by atoms with E-state index in [0.717, 1.165) is 87.7 Å². The van der Waals surface area contributed by atoms with Gasteiger partial charge in [-0.2, -0.15) is 0 Å². The predicted molar refractivity (Wildman–Crippen MR) is 303 cm³/mol. The molecule has 0 aliphatic rings. The fourth-order valence-electron chi connectivity index (χ4n) is 12.1. The number of thiophene rings is 2. The van der Waals surface area contributed by atoms with Gasteiger partial charge in [-0.1, -0.05) is 170 Å². The van der Waals surface area contributed by atoms with Crippen LogP contribution in [0.15, 0.2) is 218 Å². The highest BCUT2D eigenvalue weighted by atomic mass is 32.1. The summed E-state index contributed by atoms with van der Waals surface area (Å²) in [6.07, 6.45) is 0. The van der Waals surface area contributed by atoms with Crippen molar-refractivity contribution in [3.8, 4) is 44.5 Å². The van der Waals surface area contributed by atoms with Crippen LogP contribution in [0.25, 0.3) is 161 Å². The topological polar surface area (TPSA) is 8.82 Å². The molecule has 4 heteroatoms. The molecule has 0 radical (unpaired) electrons. The van der Waals surface area contributed by atoms with Gasteiger partial charge in [0.2, 0.25) is 0 Å². The molecule has 0 spiro atoms. The van der Waals surface area contributed by atoms with E-state index in [2.05, 4.69) is 118 Å². The second-order valence-corrected chi connectivity index (χ2v) is 20.5. The lowest BCUT2D eigenvalue weighted by Crippen LogP contribution is -1.87. The highest BCUT2D eigenvalue weighted by Gasteiger charge is 2.27. The number of fused-ring (bicyclic) bond motifs is 20. The third-order valence-electron chi connectivity index (χ3n) is 14.9. The Morgan fingerprint density at radius 2 is 0.686 bits per heavy atom. The minimum Gasteiger partial charge on any atom is -0.308 e. The fraction of sp³-hybridized carbons (Fsp3) is 0. The molecular weight excluding hydrogens is 885 g/mol. The largest absolute Gasteiger partial charge is 0.308 e. The first-order chi connectivity index (χ1) is 38.9. The van der Waals surface area contributed by atoms with Crippen molar-refractivity contribution < 1.29 is 13.7 Å². The number of nitrogens with zero attached hydrogens (tertiary/aromatic N) is 2. The van der Waals surface area contributed by atoms with E-state index in [9.17, 15) is 0 Å². The first-order valence-corrected chi connectivity index (χ1v) is 24.9. The molecular formula is C66H36N2S2. The molecule has 17 rings (SSSR count). The minimum absolute atomic E-state index is 0.162. The zero-order valence-electron chi connectivity index (χ0n) is 46.7. The van der Waals surface area contributed by atoms with Crippen LogP contribution in [-0.4, -0.2) is 8.80 Å². The van der Waals surface area contributed by atoms with E-state index in [1.165, 1.54) is 51.1 Å². The molecule has 6 aromatic heterocycles. The van der Waals surface area contributed by atoms with Gasteiger partial charge in [-0.3, -0.25) is 0 Å². The molecule has 0 aliphatic carbocycles. The summed E-state index contributed by atoms with van der Waals surface area (Å²) in [6, 6.07) is 51.5. The summed E-state index contributed by atoms with van der Waals surface area (Å²) in [5.74, 6) is 0. The van der Waals surface area contributed by atoms with E-state index in [-0.39, 0.29) is 59.5 Å². The van der Waals surface area contributed by atoms with E-state index in [0.29, 0.717) is 11.1 Å². The van der Waals surface area contributed by atoms with Crippen molar-refractivity contribution in [2.75, 3.05) is 0 Å². The summed E-state index contributed by atoms with van der Waals surface area (Å²) >= 11 is 3.60. The Labute approximate surface area is 422 Å². The van der Waals surface area contributed by atoms with Crippen LogP contribution in [0.1, 0.15) is 13.7 Å². The van der Waals surface area contributed by atoms with Crippen LogP contribution >= 0.6 is 22.7 Å². The van der Waals surface area contributed by atoms with Gasteiger partial charge >= 0.3 is 0 Å². The number of hydrogen-bond donors (Lipinski definition) is 0. The fourth-order valence-corrected chi connectivity index (χ4v) is 14.5. The molecule has 2 nitrogen and oxygen atoms in total. The van der Waals surface area contributed by atoms with Crippen molar-refractivity contribution in [1.82, 2.24) is 8.80 Å². The molecule has 17 aromatic rings. The molecule has 0 N–H and O–H groups in total. The average Bonchev–Trinajstić information content (AvgIpc) is 3.24. The molecule has 0 atom stereocenters. The Morgan fingerprint density at radius 3 is 1.13 bits per heavy atom. The molecule has 0 bridgehead atoms. The number of hydrogen-bond acceptors (Lipinski definition) is 2. The highest BCUT2D eigenvalue weighted by molar-refractivity contribution is 7.27. The van der Waals surface area contributed by atoms with Crippen molar-refractivity contribution in [2.24, 2.45) is 0 Å². The first kappa shape index (κ1) is 29.4. The van der Waals surface area contributed by atoms with Gasteiger partial charge in [0.25, 0.3) is 0 Å². The second-order valence-electron chi connectivity index (χ2n) is 18.4. The van der Waals surface area contributed by atoms with Crippen molar-refractivity contribution in [2.45, 2.75) is 0 Å². The van der Waals surface area contributed by atoms with Crippen LogP contribution in [0.3, 0.4) is 0 Å². The Kier molecular flexibility index (Phi) is 5.70. The molecule has 70 heavy (non-hydrogen) atoms. The lowest BCUT2D eigenvalue weighted by Gasteiger charge is -2.11. The van der Waals surface area contributed by atoms with Crippen LogP contribution in [-0.2, 0) is 0 Å². The number of rotatable bonds is 4. The molecule has 0 fully saturated rings. The smallest absolute Gasteiger partial charge is 0.0635 e. The zero-order chi connectivity index (χ0) is 54.0. The molecule has 0 saturated heterocycles. The van der Waals surface area contributed by atoms with Gasteiger partial charge < -0.3 is 8.80 Å². The maximum absolute atomic E-state index is 8.99. The molecule has 0 unspecified atom stereocenters. The Balaban J connectivity index is 1.00. The van der Waals surface area contributed by atoms with Crippen LogP contribution in [0.2, 0.25) is 0 Å². The lowest BCUT2D eigenvalue weighted by atomic mass is 9.94. The molecule has 0 saturated carbocycles. The standard InChI is InChI=1S/C66H36N2S2/c1-3-15-37(16-4-1)41-19-7-9-21-43(41)39-27-29-47-55(31-39)67-57-35-50-52-34-54-46-24-12-14-26-60(46)70-66(54)62-48-30-28-40(44-22-10-8-20-42(44)38-17-5-2-6-18-38)32-56(48)68(64(52)62)58(50)36-49(57)51-33-53-45-23-11-13-25-59(45)69-65(53)61(47)63(51)67/h1-36H/i1D,2D,3D,4D,5D,6D,15D,16D,17D,18D. The van der Waals surface area contributed by atoms with Gasteiger partial charge in [-0.25, -0.2) is 0 Å². The maximum Gasteiger partial charge on any atom is 0.0635 e. The van der Waals surface area contributed by atoms with E-state index >= 15 is 0 Å². The van der Waals surface area contributed by atoms with Gasteiger partial charge in [0.05, 0.1) is 46.8 Å². The SMILES string of the molecule is [2H]c1c([2H])c([2H])c(-c2ccccc2-c2ccc3c4c5sc6ccccc6c5cc5c6cc7c(cc6n(c3c2)c54)c2cc3c4ccccc4sc3c3c4ccc(-c5ccccc5-c5c([2H])c([2H])c([2H])c([2H])c5[2H])cc4n7c23)c([2H])c1[2H]. The van der Waals surface area contributed by atoms with Gasteiger partial charge in [-0.15, -0.1) is 22.7 Å². The quantitative estimate of drug-likeness (QED) is 0.166. The molecule has 0 aliphatic heterocycles. The van der Waals surface area contributed by atoms with Crippen LogP contribution in [0.4, 0.5) is 0 Å². The predicted octanol–water partition coefficient (Wildman–Crippen LogP) is 19.4. The van der Waals surface area contributed by atoms with Crippen LogP contribution < -0.4 is 0 Å². The van der Waals surface area contributed by atoms with E-state index in [1.807, 2.05) is 48.5 Å². The summed E-state index contributed by atoms with van der Waals surface area (Å²) in [7, 11) is 0. The summed E-state index contributed by atoms with van der Waals surface area (Å²) in [5.41, 5.74) is 11.0. The average molecular weight is 931 g/mol. The normalized spacial score (nSPS) is 14.6. The highest BCUT2D eigenvalue weighted by Crippen LogP contribution is 2.52. The molecule has 322 valence electrons. The van der Waals surface area contributed by atoms with Crippen molar-refractivity contribution in [3.05, 3.63) is 218 Å². The number of benzene rings is 11. The van der Waals surface area contributed by atoms with Crippen LogP contribution in [0.5, 0.6) is 0 Å². The molecule has 0 amide bonds. The van der Waals surface area contributed by atoms with Crippen molar-refractivity contribution in [3.63, 3.8) is 0 Å². The zero-order valence-corrected chi connectivity index (χ0v) is 38.4. The summed E-state index contributed by atoms with van der Waals surface area (Å²) in [5, 5.41) is 13.7. The van der Waals surface area contributed by atoms with Crippen molar-refractivity contribution >= 4 is 139 Å². The molecule has 6 heterocycles. The summed E-state index contributed by atoms with van der Waals surface area (Å²) in [4.78, 5) is 0. The second kappa shape index (κ2) is 13.6. The first-order valence-electron chi connectivity index (χ1n) is 28.3. The Morgan fingerprint density at radius 1 is 0.300 bits per heavy atom. The minimum atomic E-state index is -0.426. The molecule has 11 aromatic carbocycles. The third-order valence-corrected chi connectivity index (χ3v) is 17.3. The Bertz CT molecular complexity index is 5280. The number of aromatic nitrogens is 2. The van der Waals surface area contributed by atoms with E-state index in [4.69, 9.17) is 13.7 Å². The maximum atomic E-state index is 8.99. The summed E-state index contributed by atoms with van der Waals surface area (Å²) in [6.45, 7) is 0. The van der Waals surface area contributed by atoms with E-state index < -0.39 is 12.1 Å².